The molecule has 0 saturated carbocycles. The molecule has 1 aromatic carbocycles. The number of rotatable bonds is 3. The van der Waals surface area contributed by atoms with Gasteiger partial charge in [0.2, 0.25) is 0 Å². The van der Waals surface area contributed by atoms with E-state index in [1.165, 1.54) is 5.56 Å². The largest absolute Gasteiger partial charge is 0.298 e. The molecule has 0 atom stereocenters. The van der Waals surface area contributed by atoms with Crippen molar-refractivity contribution in [2.75, 3.05) is 0 Å². The van der Waals surface area contributed by atoms with Gasteiger partial charge < -0.3 is 0 Å². The summed E-state index contributed by atoms with van der Waals surface area (Å²) in [7, 11) is 0. The molecule has 0 N–H and O–H groups in total. The molecule has 3 nitrogen and oxygen atoms in total. The van der Waals surface area contributed by atoms with Crippen molar-refractivity contribution in [3.63, 3.8) is 0 Å². The molecule has 2 rings (SSSR count). The highest BCUT2D eigenvalue weighted by molar-refractivity contribution is 5.86. The van der Waals surface area contributed by atoms with Crippen molar-refractivity contribution in [3.8, 4) is 11.3 Å². The summed E-state index contributed by atoms with van der Waals surface area (Å²) in [4.78, 5) is 11.1. The first-order valence-corrected chi connectivity index (χ1v) is 5.76. The summed E-state index contributed by atoms with van der Waals surface area (Å²) < 4.78 is 1.79. The van der Waals surface area contributed by atoms with Crippen LogP contribution < -0.4 is 0 Å². The molecule has 0 amide bonds. The standard InChI is InChI=1S/C14H16N2O/c1-4-16-8-12(9-17)14(15-16)13-6-5-10(2)7-11(13)3/h5-9H,4H2,1-3H3. The van der Waals surface area contributed by atoms with Crippen LogP contribution in [-0.4, -0.2) is 16.1 Å². The molecule has 1 heterocycles. The van der Waals surface area contributed by atoms with E-state index in [1.807, 2.05) is 26.0 Å². The van der Waals surface area contributed by atoms with E-state index < -0.39 is 0 Å². The van der Waals surface area contributed by atoms with E-state index in [0.717, 1.165) is 29.7 Å². The predicted molar refractivity (Wildman–Crippen MR) is 68.2 cm³/mol. The van der Waals surface area contributed by atoms with Crippen LogP contribution in [0.1, 0.15) is 28.4 Å². The molecule has 0 radical (unpaired) electrons. The Hall–Kier alpha value is -1.90. The number of aromatic nitrogens is 2. The molecule has 0 saturated heterocycles. The summed E-state index contributed by atoms with van der Waals surface area (Å²) in [5.41, 5.74) is 4.83. The third-order valence-corrected chi connectivity index (χ3v) is 2.88. The molecule has 2 aromatic rings. The monoisotopic (exact) mass is 228 g/mol. The molecule has 17 heavy (non-hydrogen) atoms. The minimum absolute atomic E-state index is 0.652. The Morgan fingerprint density at radius 2 is 2.12 bits per heavy atom. The second-order valence-corrected chi connectivity index (χ2v) is 4.22. The van der Waals surface area contributed by atoms with Crippen molar-refractivity contribution < 1.29 is 4.79 Å². The molecule has 0 aliphatic carbocycles. The van der Waals surface area contributed by atoms with Crippen LogP contribution in [0, 0.1) is 13.8 Å². The van der Waals surface area contributed by atoms with E-state index in [4.69, 9.17) is 0 Å². The zero-order valence-corrected chi connectivity index (χ0v) is 10.4. The Kier molecular flexibility index (Phi) is 3.09. The maximum atomic E-state index is 11.1. The summed E-state index contributed by atoms with van der Waals surface area (Å²) >= 11 is 0. The molecule has 0 unspecified atom stereocenters. The molecule has 3 heteroatoms. The molecule has 0 aliphatic heterocycles. The summed E-state index contributed by atoms with van der Waals surface area (Å²) in [6.07, 6.45) is 2.66. The molecule has 0 aliphatic rings. The Morgan fingerprint density at radius 3 is 2.71 bits per heavy atom. The Balaban J connectivity index is 2.58. The zero-order chi connectivity index (χ0) is 12.4. The number of carbonyl (C=O) groups excluding carboxylic acids is 1. The van der Waals surface area contributed by atoms with Gasteiger partial charge in [0.05, 0.1) is 5.56 Å². The van der Waals surface area contributed by atoms with Gasteiger partial charge in [-0.2, -0.15) is 5.10 Å². The van der Waals surface area contributed by atoms with E-state index in [1.54, 1.807) is 10.9 Å². The van der Waals surface area contributed by atoms with E-state index in [-0.39, 0.29) is 0 Å². The maximum absolute atomic E-state index is 11.1. The van der Waals surface area contributed by atoms with Crippen molar-refractivity contribution in [1.82, 2.24) is 9.78 Å². The van der Waals surface area contributed by atoms with Gasteiger partial charge in [0.1, 0.15) is 5.69 Å². The van der Waals surface area contributed by atoms with Crippen LogP contribution >= 0.6 is 0 Å². The minimum atomic E-state index is 0.652. The van der Waals surface area contributed by atoms with E-state index in [0.29, 0.717) is 5.56 Å². The summed E-state index contributed by atoms with van der Waals surface area (Å²) in [5, 5.41) is 4.45. The van der Waals surface area contributed by atoms with Gasteiger partial charge in [-0.1, -0.05) is 23.8 Å². The fraction of sp³-hybridized carbons (Fsp3) is 0.286. The SMILES string of the molecule is CCn1cc(C=O)c(-c2ccc(C)cc2C)n1. The average molecular weight is 228 g/mol. The van der Waals surface area contributed by atoms with Crippen molar-refractivity contribution in [2.24, 2.45) is 0 Å². The first-order chi connectivity index (χ1) is 8.15. The molecule has 0 fully saturated rings. The first kappa shape index (κ1) is 11.6. The Morgan fingerprint density at radius 1 is 1.35 bits per heavy atom. The van der Waals surface area contributed by atoms with Gasteiger partial charge in [0.15, 0.2) is 6.29 Å². The lowest BCUT2D eigenvalue weighted by Gasteiger charge is -2.04. The Bertz CT molecular complexity index is 555. The molecule has 0 spiro atoms. The van der Waals surface area contributed by atoms with Crippen LogP contribution in [0.3, 0.4) is 0 Å². The van der Waals surface area contributed by atoms with Crippen molar-refractivity contribution in [2.45, 2.75) is 27.3 Å². The Labute approximate surface area is 101 Å². The number of carbonyl (C=O) groups is 1. The van der Waals surface area contributed by atoms with Crippen LogP contribution in [0.2, 0.25) is 0 Å². The second-order valence-electron chi connectivity index (χ2n) is 4.22. The average Bonchev–Trinajstić information content (AvgIpc) is 2.72. The highest BCUT2D eigenvalue weighted by Gasteiger charge is 2.12. The zero-order valence-electron chi connectivity index (χ0n) is 10.4. The molecule has 88 valence electrons. The van der Waals surface area contributed by atoms with Gasteiger partial charge in [0.25, 0.3) is 0 Å². The number of aryl methyl sites for hydroxylation is 3. The van der Waals surface area contributed by atoms with Gasteiger partial charge in [-0.25, -0.2) is 0 Å². The summed E-state index contributed by atoms with van der Waals surface area (Å²) in [6.45, 7) is 6.88. The lowest BCUT2D eigenvalue weighted by atomic mass is 10.0. The third-order valence-electron chi connectivity index (χ3n) is 2.88. The third kappa shape index (κ3) is 2.13. The normalized spacial score (nSPS) is 10.5. The van der Waals surface area contributed by atoms with E-state index in [9.17, 15) is 4.79 Å². The van der Waals surface area contributed by atoms with Gasteiger partial charge in [0, 0.05) is 18.3 Å². The quantitative estimate of drug-likeness (QED) is 0.757. The number of hydrogen-bond donors (Lipinski definition) is 0. The van der Waals surface area contributed by atoms with Crippen LogP contribution in [0.4, 0.5) is 0 Å². The van der Waals surface area contributed by atoms with Gasteiger partial charge >= 0.3 is 0 Å². The fourth-order valence-corrected chi connectivity index (χ4v) is 1.97. The van der Waals surface area contributed by atoms with Gasteiger partial charge in [-0.15, -0.1) is 0 Å². The molecule has 1 aromatic heterocycles. The van der Waals surface area contributed by atoms with E-state index in [2.05, 4.69) is 18.1 Å². The smallest absolute Gasteiger partial charge is 0.153 e. The second kappa shape index (κ2) is 4.53. The van der Waals surface area contributed by atoms with Crippen molar-refractivity contribution in [3.05, 3.63) is 41.1 Å². The highest BCUT2D eigenvalue weighted by atomic mass is 16.1. The van der Waals surface area contributed by atoms with Gasteiger partial charge in [-0.05, 0) is 26.3 Å². The predicted octanol–water partition coefficient (Wildman–Crippen LogP) is 3.00. The summed E-state index contributed by atoms with van der Waals surface area (Å²) in [5.74, 6) is 0. The number of aldehydes is 1. The lowest BCUT2D eigenvalue weighted by molar-refractivity contribution is 0.112. The van der Waals surface area contributed by atoms with Crippen molar-refractivity contribution in [1.29, 1.82) is 0 Å². The fourth-order valence-electron chi connectivity index (χ4n) is 1.97. The van der Waals surface area contributed by atoms with Crippen LogP contribution in [0.5, 0.6) is 0 Å². The van der Waals surface area contributed by atoms with Crippen LogP contribution in [0.15, 0.2) is 24.4 Å². The van der Waals surface area contributed by atoms with Crippen LogP contribution in [0.25, 0.3) is 11.3 Å². The van der Waals surface area contributed by atoms with E-state index >= 15 is 0 Å². The molecule has 0 bridgehead atoms. The van der Waals surface area contributed by atoms with Crippen LogP contribution in [-0.2, 0) is 6.54 Å². The molecular weight excluding hydrogens is 212 g/mol. The minimum Gasteiger partial charge on any atom is -0.298 e. The maximum Gasteiger partial charge on any atom is 0.153 e. The number of hydrogen-bond acceptors (Lipinski definition) is 2. The van der Waals surface area contributed by atoms with Gasteiger partial charge in [-0.3, -0.25) is 9.48 Å². The molecular formula is C14H16N2O. The summed E-state index contributed by atoms with van der Waals surface area (Å²) in [6, 6.07) is 6.18. The first-order valence-electron chi connectivity index (χ1n) is 5.76. The lowest BCUT2D eigenvalue weighted by Crippen LogP contribution is -1.94. The topological polar surface area (TPSA) is 34.9 Å². The highest BCUT2D eigenvalue weighted by Crippen LogP contribution is 2.25. The van der Waals surface area contributed by atoms with Crippen molar-refractivity contribution >= 4 is 6.29 Å². The number of benzene rings is 1. The number of nitrogens with zero attached hydrogens (tertiary/aromatic N) is 2.